The van der Waals surface area contributed by atoms with Gasteiger partial charge in [0.2, 0.25) is 0 Å². The Balaban J connectivity index is 1.36. The third-order valence-electron chi connectivity index (χ3n) is 5.59. The first-order chi connectivity index (χ1) is 11.8. The van der Waals surface area contributed by atoms with Crippen molar-refractivity contribution < 1.29 is 4.74 Å². The maximum Gasteiger partial charge on any atom is 0.119 e. The van der Waals surface area contributed by atoms with E-state index in [0.29, 0.717) is 0 Å². The van der Waals surface area contributed by atoms with Gasteiger partial charge < -0.3 is 9.64 Å². The fourth-order valence-corrected chi connectivity index (χ4v) is 4.13. The molecule has 0 amide bonds. The summed E-state index contributed by atoms with van der Waals surface area (Å²) in [5.74, 6) is 0.929. The van der Waals surface area contributed by atoms with Crippen molar-refractivity contribution in [3.8, 4) is 5.75 Å². The number of aryl methyl sites for hydroxylation is 1. The van der Waals surface area contributed by atoms with E-state index in [1.165, 1.54) is 38.0 Å². The van der Waals surface area contributed by atoms with Crippen molar-refractivity contribution in [3.05, 3.63) is 59.7 Å². The molecule has 2 aromatic rings. The molecule has 0 spiro atoms. The van der Waals surface area contributed by atoms with Crippen molar-refractivity contribution in [1.29, 1.82) is 0 Å². The van der Waals surface area contributed by atoms with Crippen molar-refractivity contribution in [1.82, 2.24) is 4.90 Å². The molecule has 0 N–H and O–H groups in total. The van der Waals surface area contributed by atoms with Crippen LogP contribution in [0, 0.1) is 0 Å². The monoisotopic (exact) mass is 322 g/mol. The summed E-state index contributed by atoms with van der Waals surface area (Å²) < 4.78 is 5.25. The number of hydrogen-bond acceptors (Lipinski definition) is 3. The average molecular weight is 322 g/mol. The molecule has 3 nitrogen and oxygen atoms in total. The van der Waals surface area contributed by atoms with E-state index in [-0.39, 0.29) is 0 Å². The summed E-state index contributed by atoms with van der Waals surface area (Å²) in [6.45, 7) is 4.56. The van der Waals surface area contributed by atoms with Gasteiger partial charge in [-0.3, -0.25) is 4.90 Å². The highest BCUT2D eigenvalue weighted by atomic mass is 16.5. The molecule has 1 saturated heterocycles. The highest BCUT2D eigenvalue weighted by Gasteiger charge is 2.27. The van der Waals surface area contributed by atoms with Crippen LogP contribution in [0.2, 0.25) is 0 Å². The van der Waals surface area contributed by atoms with Crippen molar-refractivity contribution in [2.75, 3.05) is 38.2 Å². The zero-order valence-corrected chi connectivity index (χ0v) is 14.4. The van der Waals surface area contributed by atoms with Crippen LogP contribution in [0.4, 0.5) is 5.69 Å². The van der Waals surface area contributed by atoms with Crippen molar-refractivity contribution in [2.24, 2.45) is 0 Å². The Morgan fingerprint density at radius 2 is 1.58 bits per heavy atom. The summed E-state index contributed by atoms with van der Waals surface area (Å²) in [5, 5.41) is 0. The number of methoxy groups -OCH3 is 1. The average Bonchev–Trinajstić information content (AvgIpc) is 2.68. The minimum atomic E-state index is 0.720. The molecule has 0 radical (unpaired) electrons. The van der Waals surface area contributed by atoms with Gasteiger partial charge in [-0.25, -0.2) is 0 Å². The number of hydrogen-bond donors (Lipinski definition) is 0. The summed E-state index contributed by atoms with van der Waals surface area (Å²) in [4.78, 5) is 5.20. The van der Waals surface area contributed by atoms with Gasteiger partial charge in [-0.2, -0.15) is 0 Å². The molecule has 0 bridgehead atoms. The van der Waals surface area contributed by atoms with Gasteiger partial charge in [0.05, 0.1) is 7.11 Å². The topological polar surface area (TPSA) is 15.7 Å². The molecule has 126 valence electrons. The molecule has 0 saturated carbocycles. The summed E-state index contributed by atoms with van der Waals surface area (Å²) in [7, 11) is 1.72. The van der Waals surface area contributed by atoms with E-state index in [1.54, 1.807) is 18.2 Å². The fourth-order valence-electron chi connectivity index (χ4n) is 4.13. The molecule has 1 aliphatic carbocycles. The van der Waals surface area contributed by atoms with Crippen LogP contribution in [-0.4, -0.2) is 44.2 Å². The summed E-state index contributed by atoms with van der Waals surface area (Å²) in [5.41, 5.74) is 4.43. The Labute approximate surface area is 144 Å². The maximum atomic E-state index is 5.25. The van der Waals surface area contributed by atoms with E-state index in [1.807, 2.05) is 0 Å². The molecule has 24 heavy (non-hydrogen) atoms. The zero-order chi connectivity index (χ0) is 16.4. The second kappa shape index (κ2) is 6.86. The predicted molar refractivity (Wildman–Crippen MR) is 99.0 cm³/mol. The molecular formula is C21H26N2O. The summed E-state index contributed by atoms with van der Waals surface area (Å²) in [6.07, 6.45) is 3.76. The Morgan fingerprint density at radius 3 is 2.29 bits per heavy atom. The van der Waals surface area contributed by atoms with Crippen LogP contribution >= 0.6 is 0 Å². The molecule has 2 aliphatic rings. The van der Waals surface area contributed by atoms with Crippen LogP contribution in [0.3, 0.4) is 0 Å². The number of nitrogens with zero attached hydrogens (tertiary/aromatic N) is 2. The van der Waals surface area contributed by atoms with E-state index >= 15 is 0 Å². The summed E-state index contributed by atoms with van der Waals surface area (Å²) >= 11 is 0. The lowest BCUT2D eigenvalue weighted by Gasteiger charge is -2.42. The van der Waals surface area contributed by atoms with Crippen LogP contribution in [0.25, 0.3) is 0 Å². The molecule has 2 aromatic carbocycles. The minimum Gasteiger partial charge on any atom is -0.497 e. The first-order valence-electron chi connectivity index (χ1n) is 9.03. The summed E-state index contributed by atoms with van der Waals surface area (Å²) in [6, 6.07) is 18.1. The number of ether oxygens (including phenoxy) is 1. The van der Waals surface area contributed by atoms with Crippen molar-refractivity contribution in [3.63, 3.8) is 0 Å². The van der Waals surface area contributed by atoms with E-state index in [4.69, 9.17) is 4.74 Å². The number of rotatable bonds is 3. The van der Waals surface area contributed by atoms with Crippen molar-refractivity contribution in [2.45, 2.75) is 25.3 Å². The van der Waals surface area contributed by atoms with Gasteiger partial charge in [0, 0.05) is 37.9 Å². The number of benzene rings is 2. The Kier molecular flexibility index (Phi) is 4.44. The first-order valence-corrected chi connectivity index (χ1v) is 9.03. The number of piperazine rings is 1. The minimum absolute atomic E-state index is 0.720. The van der Waals surface area contributed by atoms with Crippen LogP contribution < -0.4 is 9.64 Å². The third kappa shape index (κ3) is 3.13. The standard InChI is InChI=1S/C21H26N2O/c1-24-21-10-8-19(9-11-21)22-12-14-23(15-13-22)20-7-6-17-4-2-3-5-18(17)16-20/h2-5,8-11,20H,6-7,12-16H2,1H3/t20-/m0/s1. The molecule has 1 atom stereocenters. The SMILES string of the molecule is COc1ccc(N2CCN([C@H]3CCc4ccccc4C3)CC2)cc1. The van der Waals surface area contributed by atoms with Gasteiger partial charge >= 0.3 is 0 Å². The largest absolute Gasteiger partial charge is 0.497 e. The smallest absolute Gasteiger partial charge is 0.119 e. The van der Waals surface area contributed by atoms with Crippen LogP contribution in [0.5, 0.6) is 5.75 Å². The predicted octanol–water partition coefficient (Wildman–Crippen LogP) is 3.37. The van der Waals surface area contributed by atoms with E-state index in [2.05, 4.69) is 58.3 Å². The second-order valence-electron chi connectivity index (χ2n) is 6.89. The highest BCUT2D eigenvalue weighted by molar-refractivity contribution is 5.49. The molecular weight excluding hydrogens is 296 g/mol. The number of fused-ring (bicyclic) bond motifs is 1. The normalized spacial score (nSPS) is 21.4. The molecule has 0 unspecified atom stereocenters. The fraction of sp³-hybridized carbons (Fsp3) is 0.429. The molecule has 4 rings (SSSR count). The van der Waals surface area contributed by atoms with Crippen molar-refractivity contribution >= 4 is 5.69 Å². The van der Waals surface area contributed by atoms with Gasteiger partial charge in [-0.1, -0.05) is 24.3 Å². The second-order valence-corrected chi connectivity index (χ2v) is 6.89. The zero-order valence-electron chi connectivity index (χ0n) is 14.4. The van der Waals surface area contributed by atoms with Gasteiger partial charge in [0.1, 0.15) is 5.75 Å². The lowest BCUT2D eigenvalue weighted by Crippen LogP contribution is -2.51. The Bertz CT molecular complexity index is 674. The molecule has 0 aromatic heterocycles. The lowest BCUT2D eigenvalue weighted by atomic mass is 9.87. The number of anilines is 1. The van der Waals surface area contributed by atoms with Gasteiger partial charge in [-0.05, 0) is 54.7 Å². The first kappa shape index (κ1) is 15.5. The maximum absolute atomic E-state index is 5.25. The third-order valence-corrected chi connectivity index (χ3v) is 5.59. The van der Waals surface area contributed by atoms with Gasteiger partial charge in [0.25, 0.3) is 0 Å². The van der Waals surface area contributed by atoms with Gasteiger partial charge in [0.15, 0.2) is 0 Å². The molecule has 1 fully saturated rings. The Hall–Kier alpha value is -2.00. The molecule has 3 heteroatoms. The van der Waals surface area contributed by atoms with Crippen LogP contribution in [0.1, 0.15) is 17.5 Å². The van der Waals surface area contributed by atoms with E-state index in [9.17, 15) is 0 Å². The van der Waals surface area contributed by atoms with Crippen LogP contribution in [-0.2, 0) is 12.8 Å². The van der Waals surface area contributed by atoms with Gasteiger partial charge in [-0.15, -0.1) is 0 Å². The Morgan fingerprint density at radius 1 is 0.875 bits per heavy atom. The van der Waals surface area contributed by atoms with E-state index in [0.717, 1.165) is 24.9 Å². The van der Waals surface area contributed by atoms with E-state index < -0.39 is 0 Å². The molecule has 1 heterocycles. The van der Waals surface area contributed by atoms with Crippen LogP contribution in [0.15, 0.2) is 48.5 Å². The molecule has 1 aliphatic heterocycles. The highest BCUT2D eigenvalue weighted by Crippen LogP contribution is 2.26. The quantitative estimate of drug-likeness (QED) is 0.862. The lowest BCUT2D eigenvalue weighted by molar-refractivity contribution is 0.170.